The second-order valence-electron chi connectivity index (χ2n) is 15.9. The van der Waals surface area contributed by atoms with E-state index in [-0.39, 0.29) is 60.8 Å². The Balaban J connectivity index is 0.942. The average molecular weight is 840 g/mol. The number of nitrogens with zero attached hydrogens (tertiary/aromatic N) is 4. The summed E-state index contributed by atoms with van der Waals surface area (Å²) >= 11 is 0. The summed E-state index contributed by atoms with van der Waals surface area (Å²) in [6, 6.07) is 38.2. The van der Waals surface area contributed by atoms with Crippen LogP contribution in [0.5, 0.6) is 0 Å². The molecular formula is C48H49N5O9. The van der Waals surface area contributed by atoms with E-state index < -0.39 is 24.3 Å². The van der Waals surface area contributed by atoms with E-state index in [0.717, 1.165) is 70.8 Å². The summed E-state index contributed by atoms with van der Waals surface area (Å²) in [5.74, 6) is -0.870. The molecule has 5 unspecified atom stereocenters. The Hall–Kier alpha value is -6.45. The zero-order chi connectivity index (χ0) is 43.2. The van der Waals surface area contributed by atoms with Gasteiger partial charge in [0.25, 0.3) is 11.6 Å². The van der Waals surface area contributed by atoms with E-state index in [1.54, 1.807) is 24.3 Å². The SMILES string of the molecule is CC1C(CN2CCN(c3ccc([N+](=O)[O-])cc3)CC2)OC(c2ccc(-c3ccccc3CN3C(=O)CC(NC(=O)OCc4ccccc4)C3=O)cc2)OC1c1ccc(CO)cc1. The van der Waals surface area contributed by atoms with Crippen LogP contribution in [0.1, 0.15) is 53.6 Å². The number of amides is 3. The van der Waals surface area contributed by atoms with Crippen LogP contribution in [0.2, 0.25) is 0 Å². The zero-order valence-electron chi connectivity index (χ0n) is 34.4. The molecule has 8 rings (SSSR count). The average Bonchev–Trinajstić information content (AvgIpc) is 3.56. The molecule has 3 aliphatic heterocycles. The number of aliphatic hydroxyl groups is 1. The molecule has 0 spiro atoms. The predicted molar refractivity (Wildman–Crippen MR) is 230 cm³/mol. The third-order valence-electron chi connectivity index (χ3n) is 11.9. The maximum absolute atomic E-state index is 13.4. The highest BCUT2D eigenvalue weighted by Gasteiger charge is 2.41. The molecule has 0 saturated carbocycles. The molecule has 5 aromatic rings. The van der Waals surface area contributed by atoms with Crippen LogP contribution in [0.4, 0.5) is 16.2 Å². The van der Waals surface area contributed by atoms with Gasteiger partial charge in [-0.2, -0.15) is 0 Å². The van der Waals surface area contributed by atoms with Crippen LogP contribution in [0.25, 0.3) is 11.1 Å². The molecule has 14 heteroatoms. The number of nitrogens with one attached hydrogen (secondary N) is 1. The topological polar surface area (TPSA) is 164 Å². The van der Waals surface area contributed by atoms with E-state index >= 15 is 0 Å². The highest BCUT2D eigenvalue weighted by molar-refractivity contribution is 6.06. The minimum absolute atomic E-state index is 0.00387. The number of benzene rings is 5. The number of aliphatic hydroxyl groups excluding tert-OH is 1. The van der Waals surface area contributed by atoms with Gasteiger partial charge >= 0.3 is 6.09 Å². The third kappa shape index (κ3) is 9.69. The zero-order valence-corrected chi connectivity index (χ0v) is 34.4. The lowest BCUT2D eigenvalue weighted by atomic mass is 9.89. The maximum Gasteiger partial charge on any atom is 0.408 e. The number of piperazine rings is 1. The minimum atomic E-state index is -1.01. The fraction of sp³-hybridized carbons (Fsp3) is 0.312. The van der Waals surface area contributed by atoms with Gasteiger partial charge in [0.05, 0.1) is 36.7 Å². The molecule has 5 aromatic carbocycles. The van der Waals surface area contributed by atoms with Gasteiger partial charge in [-0.1, -0.05) is 110 Å². The lowest BCUT2D eigenvalue weighted by molar-refractivity contribution is -0.384. The van der Waals surface area contributed by atoms with Crippen molar-refractivity contribution in [1.29, 1.82) is 0 Å². The van der Waals surface area contributed by atoms with E-state index in [1.807, 2.05) is 103 Å². The van der Waals surface area contributed by atoms with Gasteiger partial charge in [-0.25, -0.2) is 4.79 Å². The molecule has 0 bridgehead atoms. The maximum atomic E-state index is 13.4. The van der Waals surface area contributed by atoms with Crippen molar-refractivity contribution in [1.82, 2.24) is 15.1 Å². The quantitative estimate of drug-likeness (QED) is 0.0719. The molecule has 3 fully saturated rings. The van der Waals surface area contributed by atoms with Gasteiger partial charge in [0.15, 0.2) is 6.29 Å². The molecular weight excluding hydrogens is 791 g/mol. The fourth-order valence-corrected chi connectivity index (χ4v) is 8.36. The summed E-state index contributed by atoms with van der Waals surface area (Å²) in [4.78, 5) is 55.6. The van der Waals surface area contributed by atoms with Crippen molar-refractivity contribution in [3.8, 4) is 11.1 Å². The predicted octanol–water partition coefficient (Wildman–Crippen LogP) is 6.92. The number of nitro groups is 1. The van der Waals surface area contributed by atoms with E-state index in [9.17, 15) is 29.6 Å². The number of hydrogen-bond donors (Lipinski definition) is 2. The highest BCUT2D eigenvalue weighted by Crippen LogP contribution is 2.42. The van der Waals surface area contributed by atoms with Crippen molar-refractivity contribution in [2.75, 3.05) is 37.6 Å². The van der Waals surface area contributed by atoms with Crippen molar-refractivity contribution < 1.29 is 38.6 Å². The van der Waals surface area contributed by atoms with Crippen molar-refractivity contribution in [2.45, 2.75) is 57.6 Å². The van der Waals surface area contributed by atoms with Gasteiger partial charge in [0, 0.05) is 62.0 Å². The third-order valence-corrected chi connectivity index (χ3v) is 11.9. The first-order valence-electron chi connectivity index (χ1n) is 20.9. The van der Waals surface area contributed by atoms with Gasteiger partial charge in [0.2, 0.25) is 5.91 Å². The number of hydrogen-bond acceptors (Lipinski definition) is 11. The monoisotopic (exact) mass is 839 g/mol. The summed E-state index contributed by atoms with van der Waals surface area (Å²) in [6.07, 6.45) is -2.05. The second-order valence-corrected chi connectivity index (χ2v) is 15.9. The molecule has 0 radical (unpaired) electrons. The Morgan fingerprint density at radius 3 is 2.19 bits per heavy atom. The number of carbonyl (C=O) groups excluding carboxylic acids is 3. The van der Waals surface area contributed by atoms with Crippen molar-refractivity contribution in [3.05, 3.63) is 165 Å². The molecule has 62 heavy (non-hydrogen) atoms. The molecule has 0 aromatic heterocycles. The summed E-state index contributed by atoms with van der Waals surface area (Å²) < 4.78 is 18.8. The minimum Gasteiger partial charge on any atom is -0.445 e. The van der Waals surface area contributed by atoms with Crippen LogP contribution in [-0.2, 0) is 43.6 Å². The van der Waals surface area contributed by atoms with Crippen molar-refractivity contribution >= 4 is 29.3 Å². The number of anilines is 1. The molecule has 3 heterocycles. The van der Waals surface area contributed by atoms with Crippen LogP contribution in [0.15, 0.2) is 127 Å². The molecule has 3 amide bonds. The number of non-ortho nitro benzene ring substituents is 1. The van der Waals surface area contributed by atoms with Gasteiger partial charge in [-0.15, -0.1) is 0 Å². The first-order valence-corrected chi connectivity index (χ1v) is 20.9. The molecule has 5 atom stereocenters. The van der Waals surface area contributed by atoms with Crippen LogP contribution < -0.4 is 10.2 Å². The first-order chi connectivity index (χ1) is 30.1. The molecule has 3 aliphatic rings. The van der Waals surface area contributed by atoms with Crippen LogP contribution in [0, 0.1) is 16.0 Å². The van der Waals surface area contributed by atoms with Crippen LogP contribution in [-0.4, -0.2) is 82.6 Å². The summed E-state index contributed by atoms with van der Waals surface area (Å²) in [6.45, 7) is 6.01. The Bertz CT molecular complexity index is 2350. The number of rotatable bonds is 13. The van der Waals surface area contributed by atoms with Crippen molar-refractivity contribution in [2.24, 2.45) is 5.92 Å². The smallest absolute Gasteiger partial charge is 0.408 e. The Morgan fingerprint density at radius 1 is 0.823 bits per heavy atom. The molecule has 320 valence electrons. The Morgan fingerprint density at radius 2 is 1.50 bits per heavy atom. The molecule has 2 N–H and O–H groups in total. The highest BCUT2D eigenvalue weighted by atomic mass is 16.7. The number of nitro benzene ring substituents is 1. The number of alkyl carbamates (subject to hydrolysis) is 1. The van der Waals surface area contributed by atoms with E-state index in [1.165, 1.54) is 4.90 Å². The Labute approximate surface area is 359 Å². The van der Waals surface area contributed by atoms with E-state index in [2.05, 4.69) is 22.0 Å². The molecule has 3 saturated heterocycles. The van der Waals surface area contributed by atoms with Gasteiger partial charge in [-0.3, -0.25) is 29.5 Å². The Kier molecular flexibility index (Phi) is 13.0. The number of imide groups is 1. The van der Waals surface area contributed by atoms with Gasteiger partial charge < -0.3 is 29.5 Å². The number of carbonyl (C=O) groups is 3. The molecule has 14 nitrogen and oxygen atoms in total. The summed E-state index contributed by atoms with van der Waals surface area (Å²) in [7, 11) is 0. The second kappa shape index (κ2) is 19.1. The van der Waals surface area contributed by atoms with E-state index in [4.69, 9.17) is 14.2 Å². The van der Waals surface area contributed by atoms with Crippen LogP contribution in [0.3, 0.4) is 0 Å². The normalized spacial score (nSPS) is 21.8. The number of ether oxygens (including phenoxy) is 3. The lowest BCUT2D eigenvalue weighted by Gasteiger charge is -2.44. The summed E-state index contributed by atoms with van der Waals surface area (Å²) in [5.41, 5.74) is 6.99. The van der Waals surface area contributed by atoms with E-state index in [0.29, 0.717) is 6.54 Å². The van der Waals surface area contributed by atoms with Crippen molar-refractivity contribution in [3.63, 3.8) is 0 Å². The summed E-state index contributed by atoms with van der Waals surface area (Å²) in [5, 5.41) is 23.4. The number of likely N-dealkylation sites (tertiary alicyclic amines) is 1. The molecule has 0 aliphatic carbocycles. The van der Waals surface area contributed by atoms with Gasteiger partial charge in [0.1, 0.15) is 12.6 Å². The largest absolute Gasteiger partial charge is 0.445 e. The lowest BCUT2D eigenvalue weighted by Crippen LogP contribution is -2.51. The van der Waals surface area contributed by atoms with Crippen LogP contribution >= 0.6 is 0 Å². The standard InChI is InChI=1S/C48H49N5O9/c1-32-43(29-50-23-25-51(26-24-50)39-19-21-40(22-20-39)53(58)59)61-47(62-45(32)36-13-11-33(30-54)12-14-36)37-17-15-35(16-18-37)41-10-6-5-9-38(41)28-52-44(55)27-42(46(52)56)49-48(57)60-31-34-7-3-2-4-8-34/h2-22,32,42-43,45,47,54H,23-31H2,1H3,(H,49,57). The first kappa shape index (κ1) is 42.2. The fourth-order valence-electron chi connectivity index (χ4n) is 8.36. The van der Waals surface area contributed by atoms with Gasteiger partial charge in [-0.05, 0) is 45.5 Å².